The van der Waals surface area contributed by atoms with Crippen molar-refractivity contribution < 1.29 is 13.9 Å². The van der Waals surface area contributed by atoms with Crippen molar-refractivity contribution in [3.8, 4) is 0 Å². The third kappa shape index (κ3) is 4.49. The van der Waals surface area contributed by atoms with Crippen LogP contribution in [0.25, 0.3) is 10.9 Å². The first-order chi connectivity index (χ1) is 13.9. The van der Waals surface area contributed by atoms with Gasteiger partial charge in [-0.15, -0.1) is 0 Å². The van der Waals surface area contributed by atoms with Crippen molar-refractivity contribution in [2.24, 2.45) is 0 Å². The molecule has 1 amide bonds. The molecule has 2 atom stereocenters. The number of aryl methyl sites for hydroxylation is 1. The van der Waals surface area contributed by atoms with Gasteiger partial charge in [-0.1, -0.05) is 6.92 Å². The molecule has 0 saturated carbocycles. The maximum atomic E-state index is 15.0. The van der Waals surface area contributed by atoms with Crippen LogP contribution in [0.5, 0.6) is 0 Å². The highest BCUT2D eigenvalue weighted by Crippen LogP contribution is 2.35. The molecule has 1 saturated heterocycles. The molecular weight excluding hydrogens is 475 g/mol. The summed E-state index contributed by atoms with van der Waals surface area (Å²) in [5, 5.41) is 0.601. The van der Waals surface area contributed by atoms with Crippen LogP contribution in [-0.4, -0.2) is 51.7 Å². The molecule has 9 heteroatoms. The van der Waals surface area contributed by atoms with Crippen LogP contribution in [0.3, 0.4) is 0 Å². The molecule has 1 aliphatic heterocycles. The number of anilines is 1. The van der Waals surface area contributed by atoms with Crippen LogP contribution in [0.1, 0.15) is 47.1 Å². The van der Waals surface area contributed by atoms with Gasteiger partial charge in [0, 0.05) is 30.6 Å². The van der Waals surface area contributed by atoms with Gasteiger partial charge < -0.3 is 14.5 Å². The number of ether oxygens (including phenoxy) is 1. The second-order valence-corrected chi connectivity index (χ2v) is 9.84. The summed E-state index contributed by atoms with van der Waals surface area (Å²) in [5.74, 6) is 0.136. The fourth-order valence-corrected chi connectivity index (χ4v) is 4.43. The predicted octanol–water partition coefficient (Wildman–Crippen LogP) is 5.58. The van der Waals surface area contributed by atoms with Gasteiger partial charge in [-0.05, 0) is 80.2 Å². The lowest BCUT2D eigenvalue weighted by Gasteiger charge is -2.45. The lowest BCUT2D eigenvalue weighted by molar-refractivity contribution is 0.0130. The number of carbonyl (C=O) groups is 1. The smallest absolute Gasteiger partial charge is 0.410 e. The van der Waals surface area contributed by atoms with Crippen molar-refractivity contribution in [1.82, 2.24) is 14.9 Å². The zero-order valence-electron chi connectivity index (χ0n) is 18.1. The van der Waals surface area contributed by atoms with Crippen LogP contribution in [-0.2, 0) is 11.2 Å². The summed E-state index contributed by atoms with van der Waals surface area (Å²) >= 11 is 9.49. The Hall–Kier alpha value is -1.67. The van der Waals surface area contributed by atoms with Crippen molar-refractivity contribution in [3.05, 3.63) is 27.2 Å². The maximum absolute atomic E-state index is 15.0. The minimum atomic E-state index is -0.560. The van der Waals surface area contributed by atoms with E-state index in [1.807, 2.05) is 47.6 Å². The van der Waals surface area contributed by atoms with Crippen LogP contribution in [0.15, 0.2) is 10.5 Å². The second kappa shape index (κ2) is 8.46. The molecule has 0 aliphatic carbocycles. The first kappa shape index (κ1) is 23.0. The summed E-state index contributed by atoms with van der Waals surface area (Å²) in [6.07, 6.45) is 0.323. The maximum Gasteiger partial charge on any atom is 0.410 e. The number of fused-ring (bicyclic) bond motifs is 1. The molecule has 1 aromatic heterocycles. The van der Waals surface area contributed by atoms with Crippen LogP contribution in [0.4, 0.5) is 15.0 Å². The Morgan fingerprint density at radius 1 is 1.30 bits per heavy atom. The number of halogens is 3. The number of benzene rings is 1. The molecule has 6 nitrogen and oxygen atoms in total. The molecule has 0 N–H and O–H groups in total. The Bertz CT molecular complexity index is 982. The fraction of sp³-hybridized carbons (Fsp3) is 0.571. The third-order valence-corrected chi connectivity index (χ3v) is 6.19. The highest BCUT2D eigenvalue weighted by molar-refractivity contribution is 9.10. The quantitative estimate of drug-likeness (QED) is 0.503. The lowest BCUT2D eigenvalue weighted by atomic mass is 10.1. The van der Waals surface area contributed by atoms with E-state index < -0.39 is 11.4 Å². The molecule has 3 rings (SSSR count). The molecule has 0 unspecified atom stereocenters. The predicted molar refractivity (Wildman–Crippen MR) is 121 cm³/mol. The van der Waals surface area contributed by atoms with Crippen molar-refractivity contribution >= 4 is 50.3 Å². The molecule has 2 heterocycles. The Labute approximate surface area is 189 Å². The molecule has 0 radical (unpaired) electrons. The van der Waals surface area contributed by atoms with Gasteiger partial charge in [-0.3, -0.25) is 0 Å². The molecule has 0 spiro atoms. The van der Waals surface area contributed by atoms with Crippen molar-refractivity contribution in [2.45, 2.75) is 65.6 Å². The number of rotatable bonds is 2. The van der Waals surface area contributed by atoms with Gasteiger partial charge in [0.05, 0.1) is 4.47 Å². The minimum Gasteiger partial charge on any atom is -0.444 e. The molecule has 1 fully saturated rings. The van der Waals surface area contributed by atoms with Crippen molar-refractivity contribution in [2.75, 3.05) is 18.0 Å². The summed E-state index contributed by atoms with van der Waals surface area (Å²) in [4.78, 5) is 25.0. The monoisotopic (exact) mass is 500 g/mol. The summed E-state index contributed by atoms with van der Waals surface area (Å²) in [5.41, 5.74) is 0.457. The van der Waals surface area contributed by atoms with Crippen molar-refractivity contribution in [1.29, 1.82) is 0 Å². The van der Waals surface area contributed by atoms with Gasteiger partial charge in [0.1, 0.15) is 16.9 Å². The zero-order valence-corrected chi connectivity index (χ0v) is 20.4. The molecule has 1 aromatic carbocycles. The first-order valence-electron chi connectivity index (χ1n) is 10.0. The third-order valence-electron chi connectivity index (χ3n) is 5.17. The van der Waals surface area contributed by atoms with E-state index in [9.17, 15) is 9.18 Å². The van der Waals surface area contributed by atoms with E-state index in [0.29, 0.717) is 35.2 Å². The summed E-state index contributed by atoms with van der Waals surface area (Å²) < 4.78 is 20.9. The average Bonchev–Trinajstić information content (AvgIpc) is 2.64. The number of aromatic nitrogens is 2. The molecule has 2 aromatic rings. The van der Waals surface area contributed by atoms with Crippen LogP contribution < -0.4 is 4.90 Å². The van der Waals surface area contributed by atoms with Gasteiger partial charge in [-0.2, -0.15) is 4.98 Å². The SMILES string of the molecule is CCc1cc2c(N3C[C@@H](C)N(C(=O)OC(C)(C)C)C[C@@H]3C)nc(Cl)nc2c(F)c1Br. The number of carbonyl (C=O) groups excluding carboxylic acids is 1. The first-order valence-corrected chi connectivity index (χ1v) is 11.2. The van der Waals surface area contributed by atoms with Gasteiger partial charge in [0.25, 0.3) is 0 Å². The highest BCUT2D eigenvalue weighted by Gasteiger charge is 2.36. The molecular formula is C21H27BrClFN4O2. The van der Waals surface area contributed by atoms with E-state index in [0.717, 1.165) is 5.56 Å². The van der Waals surface area contributed by atoms with Crippen molar-refractivity contribution in [3.63, 3.8) is 0 Å². The van der Waals surface area contributed by atoms with Gasteiger partial charge in [0.15, 0.2) is 5.82 Å². The number of hydrogen-bond donors (Lipinski definition) is 0. The topological polar surface area (TPSA) is 58.6 Å². The fourth-order valence-electron chi connectivity index (χ4n) is 3.69. The van der Waals surface area contributed by atoms with Gasteiger partial charge in [-0.25, -0.2) is 14.2 Å². The number of nitrogens with zero attached hydrogens (tertiary/aromatic N) is 4. The molecule has 164 valence electrons. The Balaban J connectivity index is 2.01. The van der Waals surface area contributed by atoms with Crippen LogP contribution in [0, 0.1) is 5.82 Å². The molecule has 0 bridgehead atoms. The Morgan fingerprint density at radius 3 is 2.57 bits per heavy atom. The van der Waals surface area contributed by atoms with Crippen LogP contribution in [0.2, 0.25) is 5.28 Å². The van der Waals surface area contributed by atoms with Gasteiger partial charge in [0.2, 0.25) is 5.28 Å². The van der Waals surface area contributed by atoms with E-state index in [-0.39, 0.29) is 29.0 Å². The summed E-state index contributed by atoms with van der Waals surface area (Å²) in [6.45, 7) is 12.4. The van der Waals surface area contributed by atoms with E-state index in [2.05, 4.69) is 30.8 Å². The number of piperazine rings is 1. The van der Waals surface area contributed by atoms with E-state index in [4.69, 9.17) is 16.3 Å². The summed E-state index contributed by atoms with van der Waals surface area (Å²) in [6, 6.07) is 1.72. The minimum absolute atomic E-state index is 0.0121. The largest absolute Gasteiger partial charge is 0.444 e. The second-order valence-electron chi connectivity index (χ2n) is 8.71. The Morgan fingerprint density at radius 2 is 1.97 bits per heavy atom. The van der Waals surface area contributed by atoms with Gasteiger partial charge >= 0.3 is 6.09 Å². The molecule has 30 heavy (non-hydrogen) atoms. The standard InChI is InChI=1S/C21H27BrClFN4O2/c1-7-13-8-14-17(16(24)15(13)22)25-19(23)26-18(14)27-9-12(3)28(10-11(27)2)20(29)30-21(4,5)6/h8,11-12H,7,9-10H2,1-6H3/t11-,12+/m0/s1. The van der Waals surface area contributed by atoms with E-state index >= 15 is 0 Å². The number of hydrogen-bond acceptors (Lipinski definition) is 5. The zero-order chi connectivity index (χ0) is 22.4. The van der Waals surface area contributed by atoms with E-state index in [1.165, 1.54) is 0 Å². The van der Waals surface area contributed by atoms with E-state index in [1.54, 1.807) is 4.90 Å². The number of amides is 1. The molecule has 1 aliphatic rings. The normalized spacial score (nSPS) is 20.0. The lowest BCUT2D eigenvalue weighted by Crippen LogP contribution is -2.59. The Kier molecular flexibility index (Phi) is 6.49. The highest BCUT2D eigenvalue weighted by atomic mass is 79.9. The van der Waals surface area contributed by atoms with Crippen LogP contribution >= 0.6 is 27.5 Å². The summed E-state index contributed by atoms with van der Waals surface area (Å²) in [7, 11) is 0. The average molecular weight is 502 g/mol.